The Morgan fingerprint density at radius 3 is 2.33 bits per heavy atom. The molecule has 0 spiro atoms. The Hall–Kier alpha value is -1.45. The lowest BCUT2D eigenvalue weighted by Gasteiger charge is -2.08. The molecule has 0 aliphatic carbocycles. The fraction of sp³-hybridized carbons (Fsp3) is 0.778. The summed E-state index contributed by atoms with van der Waals surface area (Å²) < 4.78 is 42.8. The van der Waals surface area contributed by atoms with Gasteiger partial charge >= 0.3 is 5.97 Å². The van der Waals surface area contributed by atoms with Crippen molar-refractivity contribution in [1.29, 1.82) is 0 Å². The predicted octanol–water partition coefficient (Wildman–Crippen LogP) is 2.48. The lowest BCUT2D eigenvalue weighted by atomic mass is 10.1. The minimum atomic E-state index is -4.47. The standard InChI is InChI=1S/C10H17N2O2.C8H18O4S/c1-4-9(2)14-10(13)7-12-6-5-11(3)8-12;1-2-3-4-5-6-7-8-12-13(9,10)11/h5-6,8-9H,4,7H2,1-3H3;2-8H2,1H3,(H,9,10,11)/q+1;/p-1/t9-;/m1./s1. The van der Waals surface area contributed by atoms with Crippen LogP contribution < -0.4 is 4.57 Å². The van der Waals surface area contributed by atoms with Gasteiger partial charge in [0.15, 0.2) is 6.54 Å². The van der Waals surface area contributed by atoms with Gasteiger partial charge in [-0.3, -0.25) is 4.18 Å². The Balaban J connectivity index is 0.000000503. The summed E-state index contributed by atoms with van der Waals surface area (Å²) in [6.45, 7) is 6.33. The molecule has 0 fully saturated rings. The van der Waals surface area contributed by atoms with Crippen LogP contribution in [0.1, 0.15) is 65.7 Å². The zero-order valence-electron chi connectivity index (χ0n) is 16.9. The van der Waals surface area contributed by atoms with Gasteiger partial charge in [-0.2, -0.15) is 0 Å². The van der Waals surface area contributed by atoms with Crippen LogP contribution in [0.3, 0.4) is 0 Å². The molecule has 0 unspecified atom stereocenters. The molecular weight excluding hydrogens is 372 g/mol. The zero-order chi connectivity index (χ0) is 20.7. The van der Waals surface area contributed by atoms with Gasteiger partial charge in [0.25, 0.3) is 0 Å². The number of aryl methyl sites for hydroxylation is 1. The smallest absolute Gasteiger partial charge is 0.348 e. The summed E-state index contributed by atoms with van der Waals surface area (Å²) in [5, 5.41) is 0. The molecule has 1 atom stereocenters. The number of imidazole rings is 1. The van der Waals surface area contributed by atoms with Gasteiger partial charge in [0, 0.05) is 0 Å². The molecule has 0 radical (unpaired) electrons. The molecule has 9 heteroatoms. The summed E-state index contributed by atoms with van der Waals surface area (Å²) in [5.41, 5.74) is 0. The Bertz CT molecular complexity index is 615. The number of esters is 1. The van der Waals surface area contributed by atoms with Crippen LogP contribution in [0, 0.1) is 0 Å². The number of carbonyl (C=O) groups excluding carboxylic acids is 1. The Morgan fingerprint density at radius 1 is 1.19 bits per heavy atom. The highest BCUT2D eigenvalue weighted by molar-refractivity contribution is 7.80. The minimum absolute atomic E-state index is 0.00631. The highest BCUT2D eigenvalue weighted by atomic mass is 32.3. The van der Waals surface area contributed by atoms with Crippen LogP contribution in [-0.4, -0.2) is 36.2 Å². The molecule has 0 aliphatic heterocycles. The largest absolute Gasteiger partial charge is 0.726 e. The molecule has 0 N–H and O–H groups in total. The monoisotopic (exact) mass is 406 g/mol. The molecule has 1 heterocycles. The Morgan fingerprint density at radius 2 is 1.81 bits per heavy atom. The van der Waals surface area contributed by atoms with Crippen LogP contribution >= 0.6 is 0 Å². The summed E-state index contributed by atoms with van der Waals surface area (Å²) in [6.07, 6.45) is 12.6. The van der Waals surface area contributed by atoms with E-state index >= 15 is 0 Å². The van der Waals surface area contributed by atoms with Crippen molar-refractivity contribution in [3.63, 3.8) is 0 Å². The second-order valence-electron chi connectivity index (χ2n) is 6.46. The summed E-state index contributed by atoms with van der Waals surface area (Å²) in [4.78, 5) is 11.3. The third-order valence-electron chi connectivity index (χ3n) is 3.77. The molecule has 0 saturated heterocycles. The number of carbonyl (C=O) groups is 1. The molecule has 8 nitrogen and oxygen atoms in total. The van der Waals surface area contributed by atoms with Gasteiger partial charge in [-0.15, -0.1) is 0 Å². The van der Waals surface area contributed by atoms with Crippen molar-refractivity contribution >= 4 is 16.4 Å². The van der Waals surface area contributed by atoms with Gasteiger partial charge in [-0.1, -0.05) is 46.0 Å². The first kappa shape index (κ1) is 25.6. The molecular formula is C18H34N2O6S. The van der Waals surface area contributed by atoms with Crippen molar-refractivity contribution in [2.24, 2.45) is 7.05 Å². The van der Waals surface area contributed by atoms with E-state index in [2.05, 4.69) is 11.1 Å². The Labute approximate surface area is 163 Å². The average Bonchev–Trinajstić information content (AvgIpc) is 2.98. The van der Waals surface area contributed by atoms with Crippen molar-refractivity contribution < 1.29 is 31.3 Å². The SMILES string of the molecule is CCCCCCCCOS(=O)(=O)[O-].CC[C@@H](C)OC(=O)Cn1cc[n+](C)c1. The highest BCUT2D eigenvalue weighted by Crippen LogP contribution is 2.05. The van der Waals surface area contributed by atoms with Crippen LogP contribution in [0.2, 0.25) is 0 Å². The summed E-state index contributed by atoms with van der Waals surface area (Å²) >= 11 is 0. The third-order valence-corrected chi connectivity index (χ3v) is 4.22. The van der Waals surface area contributed by atoms with E-state index in [1.165, 1.54) is 19.3 Å². The normalized spacial score (nSPS) is 12.2. The van der Waals surface area contributed by atoms with Gasteiger partial charge in [0.1, 0.15) is 12.4 Å². The lowest BCUT2D eigenvalue weighted by molar-refractivity contribution is -0.671. The molecule has 0 aliphatic rings. The molecule has 158 valence electrons. The van der Waals surface area contributed by atoms with Crippen LogP contribution in [0.25, 0.3) is 0 Å². The van der Waals surface area contributed by atoms with Gasteiger partial charge in [0.2, 0.25) is 16.7 Å². The molecule has 1 rings (SSSR count). The minimum Gasteiger partial charge on any atom is -0.726 e. The van der Waals surface area contributed by atoms with E-state index in [1.807, 2.05) is 44.2 Å². The molecule has 0 saturated carbocycles. The number of rotatable bonds is 12. The lowest BCUT2D eigenvalue weighted by Crippen LogP contribution is -2.25. The fourth-order valence-electron chi connectivity index (χ4n) is 2.13. The van der Waals surface area contributed by atoms with Gasteiger partial charge in [-0.05, 0) is 19.8 Å². The fourth-order valence-corrected chi connectivity index (χ4v) is 2.45. The first-order chi connectivity index (χ1) is 12.7. The van der Waals surface area contributed by atoms with Crippen LogP contribution in [0.15, 0.2) is 18.7 Å². The highest BCUT2D eigenvalue weighted by Gasteiger charge is 2.11. The first-order valence-corrected chi connectivity index (χ1v) is 10.8. The summed E-state index contributed by atoms with van der Waals surface area (Å²) in [7, 11) is -2.56. The number of aromatic nitrogens is 2. The van der Waals surface area contributed by atoms with E-state index in [-0.39, 0.29) is 25.2 Å². The maximum atomic E-state index is 11.3. The maximum absolute atomic E-state index is 11.3. The number of unbranched alkanes of at least 4 members (excludes halogenated alkanes) is 5. The van der Waals surface area contributed by atoms with E-state index in [9.17, 15) is 17.8 Å². The number of ether oxygens (including phenoxy) is 1. The van der Waals surface area contributed by atoms with Crippen molar-refractivity contribution in [2.75, 3.05) is 6.61 Å². The summed E-state index contributed by atoms with van der Waals surface area (Å²) in [6, 6.07) is 0. The van der Waals surface area contributed by atoms with Crippen molar-refractivity contribution in [1.82, 2.24) is 4.57 Å². The van der Waals surface area contributed by atoms with Crippen molar-refractivity contribution in [2.45, 2.75) is 78.4 Å². The molecule has 1 aromatic rings. The zero-order valence-corrected chi connectivity index (χ0v) is 17.7. The van der Waals surface area contributed by atoms with E-state index in [0.717, 1.165) is 19.3 Å². The van der Waals surface area contributed by atoms with Gasteiger partial charge in [-0.25, -0.2) is 22.3 Å². The van der Waals surface area contributed by atoms with E-state index < -0.39 is 10.4 Å². The number of hydrogen-bond acceptors (Lipinski definition) is 6. The predicted molar refractivity (Wildman–Crippen MR) is 100 cm³/mol. The topological polar surface area (TPSA) is 102 Å². The second-order valence-corrected chi connectivity index (χ2v) is 7.51. The molecule has 0 bridgehead atoms. The van der Waals surface area contributed by atoms with E-state index in [1.54, 1.807) is 4.57 Å². The first-order valence-electron chi connectivity index (χ1n) is 9.48. The van der Waals surface area contributed by atoms with Crippen LogP contribution in [-0.2, 0) is 37.7 Å². The van der Waals surface area contributed by atoms with E-state index in [0.29, 0.717) is 6.42 Å². The third kappa shape index (κ3) is 16.4. The maximum Gasteiger partial charge on any atom is 0.348 e. The van der Waals surface area contributed by atoms with Crippen LogP contribution in [0.5, 0.6) is 0 Å². The quantitative estimate of drug-likeness (QED) is 0.174. The van der Waals surface area contributed by atoms with Crippen LogP contribution in [0.4, 0.5) is 0 Å². The average molecular weight is 407 g/mol. The van der Waals surface area contributed by atoms with Crippen molar-refractivity contribution in [3.8, 4) is 0 Å². The van der Waals surface area contributed by atoms with E-state index in [4.69, 9.17) is 4.74 Å². The van der Waals surface area contributed by atoms with Gasteiger partial charge < -0.3 is 9.29 Å². The molecule has 1 aromatic heterocycles. The van der Waals surface area contributed by atoms with Crippen molar-refractivity contribution in [3.05, 3.63) is 18.7 Å². The summed E-state index contributed by atoms with van der Waals surface area (Å²) in [5.74, 6) is -0.185. The van der Waals surface area contributed by atoms with Gasteiger partial charge in [0.05, 0.1) is 19.8 Å². The number of hydrogen-bond donors (Lipinski definition) is 0. The Kier molecular flexibility index (Phi) is 13.8. The molecule has 27 heavy (non-hydrogen) atoms. The second kappa shape index (κ2) is 14.6. The molecule has 0 amide bonds. The number of nitrogens with zero attached hydrogens (tertiary/aromatic N) is 2. The molecule has 0 aromatic carbocycles.